The number of nitrogens with zero attached hydrogens (tertiary/aromatic N) is 3. The van der Waals surface area contributed by atoms with E-state index in [1.807, 2.05) is 13.8 Å². The van der Waals surface area contributed by atoms with Gasteiger partial charge in [0.25, 0.3) is 0 Å². The number of carbonyl (C=O) groups is 1. The standard InChI is InChI=1S/C18H27N5O2S2/c1-7-25-17(24)14-11(4)21-16(27-14)12(5)22-18(19-6)20-8-13-9-26-15(23-13)10(2)3/h9-10,12H,7-8H2,1-6H3,(H2,19,20,22). The lowest BCUT2D eigenvalue weighted by atomic mass is 10.2. The van der Waals surface area contributed by atoms with E-state index in [1.54, 1.807) is 25.3 Å². The molecule has 0 aromatic carbocycles. The third-order valence-electron chi connectivity index (χ3n) is 3.72. The van der Waals surface area contributed by atoms with Crippen molar-refractivity contribution in [1.29, 1.82) is 0 Å². The largest absolute Gasteiger partial charge is 0.462 e. The van der Waals surface area contributed by atoms with E-state index < -0.39 is 0 Å². The molecule has 1 unspecified atom stereocenters. The van der Waals surface area contributed by atoms with Crippen molar-refractivity contribution < 1.29 is 9.53 Å². The summed E-state index contributed by atoms with van der Waals surface area (Å²) in [5, 5.41) is 10.6. The van der Waals surface area contributed by atoms with Crippen LogP contribution < -0.4 is 10.6 Å². The van der Waals surface area contributed by atoms with Gasteiger partial charge in [0.15, 0.2) is 5.96 Å². The molecule has 0 spiro atoms. The summed E-state index contributed by atoms with van der Waals surface area (Å²) in [6.45, 7) is 10.8. The Labute approximate surface area is 168 Å². The first-order valence-corrected chi connectivity index (χ1v) is 10.6. The van der Waals surface area contributed by atoms with Gasteiger partial charge in [0, 0.05) is 18.3 Å². The molecule has 2 N–H and O–H groups in total. The first-order valence-electron chi connectivity index (χ1n) is 8.91. The van der Waals surface area contributed by atoms with Gasteiger partial charge in [-0.3, -0.25) is 4.99 Å². The van der Waals surface area contributed by atoms with E-state index in [9.17, 15) is 4.79 Å². The lowest BCUT2D eigenvalue weighted by Crippen LogP contribution is -2.38. The van der Waals surface area contributed by atoms with E-state index in [4.69, 9.17) is 4.74 Å². The summed E-state index contributed by atoms with van der Waals surface area (Å²) >= 11 is 3.02. The topological polar surface area (TPSA) is 88.5 Å². The number of esters is 1. The fourth-order valence-electron chi connectivity index (χ4n) is 2.29. The summed E-state index contributed by atoms with van der Waals surface area (Å²) < 4.78 is 5.08. The number of hydrogen-bond acceptors (Lipinski definition) is 7. The van der Waals surface area contributed by atoms with Gasteiger partial charge in [-0.15, -0.1) is 22.7 Å². The summed E-state index contributed by atoms with van der Waals surface area (Å²) in [5.74, 6) is 0.771. The number of nitrogens with one attached hydrogen (secondary N) is 2. The maximum atomic E-state index is 12.0. The smallest absolute Gasteiger partial charge is 0.350 e. The number of thiazole rings is 2. The predicted molar refractivity (Wildman–Crippen MR) is 111 cm³/mol. The minimum absolute atomic E-state index is 0.0928. The van der Waals surface area contributed by atoms with Gasteiger partial charge >= 0.3 is 5.97 Å². The number of carbonyl (C=O) groups excluding carboxylic acids is 1. The number of guanidine groups is 1. The van der Waals surface area contributed by atoms with Gasteiger partial charge in [0.2, 0.25) is 0 Å². The highest BCUT2D eigenvalue weighted by Gasteiger charge is 2.20. The molecule has 2 heterocycles. The highest BCUT2D eigenvalue weighted by molar-refractivity contribution is 7.13. The van der Waals surface area contributed by atoms with E-state index in [2.05, 4.69) is 44.8 Å². The van der Waals surface area contributed by atoms with Crippen LogP contribution in [0.4, 0.5) is 0 Å². The lowest BCUT2D eigenvalue weighted by molar-refractivity contribution is 0.0531. The normalized spacial score (nSPS) is 12.9. The molecule has 0 radical (unpaired) electrons. The number of aromatic nitrogens is 2. The van der Waals surface area contributed by atoms with Gasteiger partial charge in [-0.1, -0.05) is 13.8 Å². The molecule has 0 fully saturated rings. The second-order valence-electron chi connectivity index (χ2n) is 6.31. The molecule has 0 aliphatic rings. The number of aliphatic imine (C=N–C) groups is 1. The zero-order chi connectivity index (χ0) is 20.0. The summed E-state index contributed by atoms with van der Waals surface area (Å²) in [5.41, 5.74) is 1.68. The van der Waals surface area contributed by atoms with E-state index in [1.165, 1.54) is 11.3 Å². The highest BCUT2D eigenvalue weighted by atomic mass is 32.1. The second-order valence-corrected chi connectivity index (χ2v) is 8.23. The predicted octanol–water partition coefficient (Wildman–Crippen LogP) is 3.63. The Morgan fingerprint density at radius 3 is 2.63 bits per heavy atom. The maximum Gasteiger partial charge on any atom is 0.350 e. The molecule has 148 valence electrons. The lowest BCUT2D eigenvalue weighted by Gasteiger charge is -2.15. The number of aryl methyl sites for hydroxylation is 1. The van der Waals surface area contributed by atoms with Gasteiger partial charge in [-0.25, -0.2) is 14.8 Å². The van der Waals surface area contributed by atoms with Gasteiger partial charge < -0.3 is 15.4 Å². The Morgan fingerprint density at radius 1 is 1.30 bits per heavy atom. The molecule has 0 saturated heterocycles. The third kappa shape index (κ3) is 5.74. The molecule has 0 amide bonds. The van der Waals surface area contributed by atoms with Crippen molar-refractivity contribution in [3.8, 4) is 0 Å². The van der Waals surface area contributed by atoms with Crippen LogP contribution in [0.15, 0.2) is 10.4 Å². The van der Waals surface area contributed by atoms with Crippen LogP contribution in [-0.2, 0) is 11.3 Å². The number of ether oxygens (including phenoxy) is 1. The third-order valence-corrected chi connectivity index (χ3v) is 6.24. The van der Waals surface area contributed by atoms with Gasteiger partial charge in [-0.2, -0.15) is 0 Å². The second kappa shape index (κ2) is 9.80. The summed E-state index contributed by atoms with van der Waals surface area (Å²) in [7, 11) is 1.72. The number of hydrogen-bond donors (Lipinski definition) is 2. The van der Waals surface area contributed by atoms with Crippen LogP contribution in [0, 0.1) is 6.92 Å². The molecule has 0 aliphatic carbocycles. The van der Waals surface area contributed by atoms with Crippen LogP contribution in [0.1, 0.15) is 70.7 Å². The molecular weight excluding hydrogens is 382 g/mol. The molecule has 7 nitrogen and oxygen atoms in total. The van der Waals surface area contributed by atoms with Gasteiger partial charge in [0.1, 0.15) is 9.88 Å². The fourth-order valence-corrected chi connectivity index (χ4v) is 4.09. The Kier molecular flexibility index (Phi) is 7.73. The zero-order valence-electron chi connectivity index (χ0n) is 16.6. The molecule has 1 atom stereocenters. The first-order chi connectivity index (χ1) is 12.8. The van der Waals surface area contributed by atoms with Crippen molar-refractivity contribution >= 4 is 34.6 Å². The molecule has 2 rings (SSSR count). The molecule has 2 aromatic rings. The van der Waals surface area contributed by atoms with Crippen molar-refractivity contribution in [3.63, 3.8) is 0 Å². The van der Waals surface area contributed by atoms with E-state index in [0.29, 0.717) is 35.6 Å². The zero-order valence-corrected chi connectivity index (χ0v) is 18.3. The van der Waals surface area contributed by atoms with Crippen LogP contribution >= 0.6 is 22.7 Å². The van der Waals surface area contributed by atoms with Crippen LogP contribution in [0.5, 0.6) is 0 Å². The van der Waals surface area contributed by atoms with E-state index in [-0.39, 0.29) is 12.0 Å². The fraction of sp³-hybridized carbons (Fsp3) is 0.556. The van der Waals surface area contributed by atoms with Crippen molar-refractivity contribution in [2.45, 2.75) is 53.1 Å². The van der Waals surface area contributed by atoms with Crippen molar-refractivity contribution in [1.82, 2.24) is 20.6 Å². The molecule has 0 saturated carbocycles. The SMILES string of the molecule is CCOC(=O)c1sc(C(C)NC(=NC)NCc2csc(C(C)C)n2)nc1C. The number of rotatable bonds is 7. The molecule has 27 heavy (non-hydrogen) atoms. The first kappa shape index (κ1) is 21.3. The molecule has 0 aliphatic heterocycles. The minimum Gasteiger partial charge on any atom is -0.462 e. The van der Waals surface area contributed by atoms with Crippen molar-refractivity contribution in [2.24, 2.45) is 4.99 Å². The average molecular weight is 410 g/mol. The van der Waals surface area contributed by atoms with Gasteiger partial charge in [-0.05, 0) is 20.8 Å². The Balaban J connectivity index is 1.97. The minimum atomic E-state index is -0.321. The molecular formula is C18H27N5O2S2. The average Bonchev–Trinajstić information content (AvgIpc) is 3.25. The van der Waals surface area contributed by atoms with Crippen LogP contribution in [0.25, 0.3) is 0 Å². The maximum absolute atomic E-state index is 12.0. The Morgan fingerprint density at radius 2 is 2.04 bits per heavy atom. The Bertz CT molecular complexity index is 798. The van der Waals surface area contributed by atoms with E-state index in [0.717, 1.165) is 15.7 Å². The monoisotopic (exact) mass is 409 g/mol. The summed E-state index contributed by atoms with van der Waals surface area (Å²) in [6.07, 6.45) is 0. The van der Waals surface area contributed by atoms with Crippen LogP contribution in [0.3, 0.4) is 0 Å². The highest BCUT2D eigenvalue weighted by Crippen LogP contribution is 2.24. The summed E-state index contributed by atoms with van der Waals surface area (Å²) in [6, 6.07) is -0.0928. The van der Waals surface area contributed by atoms with E-state index >= 15 is 0 Å². The van der Waals surface area contributed by atoms with Crippen LogP contribution in [-0.4, -0.2) is 35.6 Å². The Hall–Kier alpha value is -2.00. The van der Waals surface area contributed by atoms with Crippen molar-refractivity contribution in [2.75, 3.05) is 13.7 Å². The quantitative estimate of drug-likeness (QED) is 0.412. The summed E-state index contributed by atoms with van der Waals surface area (Å²) in [4.78, 5) is 25.9. The molecule has 9 heteroatoms. The van der Waals surface area contributed by atoms with Crippen molar-refractivity contribution in [3.05, 3.63) is 31.7 Å². The van der Waals surface area contributed by atoms with Gasteiger partial charge in [0.05, 0.1) is 35.6 Å². The molecule has 0 bridgehead atoms. The van der Waals surface area contributed by atoms with Crippen LogP contribution in [0.2, 0.25) is 0 Å². The molecule has 2 aromatic heterocycles.